The van der Waals surface area contributed by atoms with E-state index in [2.05, 4.69) is 35.2 Å². The Morgan fingerprint density at radius 2 is 1.83 bits per heavy atom. The van der Waals surface area contributed by atoms with E-state index in [9.17, 15) is 5.26 Å². The molecule has 1 aliphatic rings. The molecule has 0 unspecified atom stereocenters. The highest BCUT2D eigenvalue weighted by molar-refractivity contribution is 5.51. The van der Waals surface area contributed by atoms with Crippen molar-refractivity contribution in [1.82, 2.24) is 4.90 Å². The maximum atomic E-state index is 9.18. The Bertz CT molecular complexity index is 722. The summed E-state index contributed by atoms with van der Waals surface area (Å²) in [5.41, 5.74) is 3.64. The van der Waals surface area contributed by atoms with Gasteiger partial charge in [-0.3, -0.25) is 4.90 Å². The van der Waals surface area contributed by atoms with Crippen molar-refractivity contribution in [3.63, 3.8) is 0 Å². The van der Waals surface area contributed by atoms with Gasteiger partial charge in [0.05, 0.1) is 32.9 Å². The van der Waals surface area contributed by atoms with E-state index in [1.54, 1.807) is 14.2 Å². The third-order valence-electron chi connectivity index (χ3n) is 4.36. The van der Waals surface area contributed by atoms with Crippen molar-refractivity contribution in [1.29, 1.82) is 5.26 Å². The van der Waals surface area contributed by atoms with Gasteiger partial charge in [-0.25, -0.2) is 0 Å². The maximum absolute atomic E-state index is 9.18. The summed E-state index contributed by atoms with van der Waals surface area (Å²) in [4.78, 5) is 2.21. The molecule has 2 aromatic carbocycles. The zero-order valence-corrected chi connectivity index (χ0v) is 13.5. The van der Waals surface area contributed by atoms with Crippen molar-refractivity contribution >= 4 is 0 Å². The third kappa shape index (κ3) is 2.88. The fraction of sp³-hybridized carbons (Fsp3) is 0.316. The molecule has 23 heavy (non-hydrogen) atoms. The van der Waals surface area contributed by atoms with Crippen LogP contribution in [0.4, 0.5) is 0 Å². The van der Waals surface area contributed by atoms with Crippen LogP contribution in [0.25, 0.3) is 0 Å². The van der Waals surface area contributed by atoms with Crippen LogP contribution < -0.4 is 9.47 Å². The van der Waals surface area contributed by atoms with Gasteiger partial charge >= 0.3 is 0 Å². The minimum absolute atomic E-state index is 0.0689. The van der Waals surface area contributed by atoms with E-state index in [0.717, 1.165) is 24.5 Å². The Balaban J connectivity index is 2.13. The second kappa shape index (κ2) is 6.72. The third-order valence-corrected chi connectivity index (χ3v) is 4.36. The van der Waals surface area contributed by atoms with E-state index in [0.29, 0.717) is 6.54 Å². The van der Waals surface area contributed by atoms with Gasteiger partial charge in [-0.1, -0.05) is 30.3 Å². The van der Waals surface area contributed by atoms with Crippen molar-refractivity contribution in [2.45, 2.75) is 12.5 Å². The van der Waals surface area contributed by atoms with Crippen molar-refractivity contribution in [3.05, 3.63) is 59.2 Å². The van der Waals surface area contributed by atoms with E-state index in [4.69, 9.17) is 9.47 Å². The summed E-state index contributed by atoms with van der Waals surface area (Å²) < 4.78 is 10.9. The molecule has 0 aromatic heterocycles. The van der Waals surface area contributed by atoms with Crippen molar-refractivity contribution in [3.8, 4) is 17.6 Å². The molecule has 0 bridgehead atoms. The zero-order valence-electron chi connectivity index (χ0n) is 13.5. The van der Waals surface area contributed by atoms with Gasteiger partial charge in [-0.2, -0.15) is 5.26 Å². The highest BCUT2D eigenvalue weighted by atomic mass is 16.5. The molecular formula is C19H20N2O2. The predicted molar refractivity (Wildman–Crippen MR) is 88.7 cm³/mol. The molecule has 0 saturated carbocycles. The molecule has 0 amide bonds. The lowest BCUT2D eigenvalue weighted by atomic mass is 9.87. The number of nitrogens with zero attached hydrogens (tertiary/aromatic N) is 2. The summed E-state index contributed by atoms with van der Waals surface area (Å²) in [6.45, 7) is 1.27. The Labute approximate surface area is 136 Å². The van der Waals surface area contributed by atoms with Gasteiger partial charge in [-0.15, -0.1) is 0 Å². The molecule has 0 aliphatic carbocycles. The van der Waals surface area contributed by atoms with E-state index >= 15 is 0 Å². The number of fused-ring (bicyclic) bond motifs is 1. The molecule has 0 radical (unpaired) electrons. The molecule has 0 saturated heterocycles. The molecular weight excluding hydrogens is 288 g/mol. The number of hydrogen-bond donors (Lipinski definition) is 0. The van der Waals surface area contributed by atoms with Crippen LogP contribution in [0.15, 0.2) is 42.5 Å². The molecule has 4 nitrogen and oxygen atoms in total. The van der Waals surface area contributed by atoms with Gasteiger partial charge in [0.2, 0.25) is 0 Å². The SMILES string of the molecule is COc1cc2c(cc1OC)[C@@H](c1ccccc1)N(CC#N)CC2. The molecule has 118 valence electrons. The van der Waals surface area contributed by atoms with Crippen LogP contribution in [0, 0.1) is 11.3 Å². The number of methoxy groups -OCH3 is 2. The Morgan fingerprint density at radius 1 is 1.13 bits per heavy atom. The minimum Gasteiger partial charge on any atom is -0.493 e. The van der Waals surface area contributed by atoms with Gasteiger partial charge in [0.1, 0.15) is 0 Å². The molecule has 3 rings (SSSR count). The maximum Gasteiger partial charge on any atom is 0.161 e. The van der Waals surface area contributed by atoms with Crippen molar-refractivity contribution in [2.24, 2.45) is 0 Å². The smallest absolute Gasteiger partial charge is 0.161 e. The summed E-state index contributed by atoms with van der Waals surface area (Å²) in [6, 6.07) is 16.8. The summed E-state index contributed by atoms with van der Waals surface area (Å²) in [6.07, 6.45) is 0.903. The normalized spacial score (nSPS) is 17.2. The lowest BCUT2D eigenvalue weighted by Crippen LogP contribution is -2.36. The van der Waals surface area contributed by atoms with Crippen LogP contribution in [-0.2, 0) is 6.42 Å². The van der Waals surface area contributed by atoms with E-state index < -0.39 is 0 Å². The van der Waals surface area contributed by atoms with Crippen LogP contribution in [0.1, 0.15) is 22.7 Å². The molecule has 1 atom stereocenters. The molecule has 1 aliphatic heterocycles. The monoisotopic (exact) mass is 308 g/mol. The average molecular weight is 308 g/mol. The van der Waals surface area contributed by atoms with Gasteiger partial charge in [0.15, 0.2) is 11.5 Å². The first-order valence-corrected chi connectivity index (χ1v) is 7.69. The summed E-state index contributed by atoms with van der Waals surface area (Å²) in [7, 11) is 3.31. The van der Waals surface area contributed by atoms with Crippen LogP contribution in [0.5, 0.6) is 11.5 Å². The molecule has 2 aromatic rings. The quantitative estimate of drug-likeness (QED) is 0.814. The zero-order chi connectivity index (χ0) is 16.2. The second-order valence-electron chi connectivity index (χ2n) is 5.60. The lowest BCUT2D eigenvalue weighted by Gasteiger charge is -2.36. The van der Waals surface area contributed by atoms with Crippen LogP contribution in [-0.4, -0.2) is 32.2 Å². The number of benzene rings is 2. The molecule has 4 heteroatoms. The minimum atomic E-state index is 0.0689. The van der Waals surface area contributed by atoms with Gasteiger partial charge in [-0.05, 0) is 35.2 Å². The number of nitriles is 1. The number of hydrogen-bond acceptors (Lipinski definition) is 4. The summed E-state index contributed by atoms with van der Waals surface area (Å²) >= 11 is 0. The Morgan fingerprint density at radius 3 is 2.48 bits per heavy atom. The standard InChI is InChI=1S/C19H20N2O2/c1-22-17-12-15-8-10-21(11-9-20)19(14-6-4-3-5-7-14)16(15)13-18(17)23-2/h3-7,12-13,19H,8,10-11H2,1-2H3/t19-/m1/s1. The number of rotatable bonds is 4. The van der Waals surface area contributed by atoms with Crippen LogP contribution in [0.3, 0.4) is 0 Å². The van der Waals surface area contributed by atoms with E-state index in [-0.39, 0.29) is 6.04 Å². The van der Waals surface area contributed by atoms with Crippen molar-refractivity contribution in [2.75, 3.05) is 27.3 Å². The highest BCUT2D eigenvalue weighted by Crippen LogP contribution is 2.40. The molecule has 0 fully saturated rings. The first kappa shape index (κ1) is 15.4. The fourth-order valence-electron chi connectivity index (χ4n) is 3.28. The Kier molecular flexibility index (Phi) is 4.50. The van der Waals surface area contributed by atoms with Gasteiger partial charge in [0.25, 0.3) is 0 Å². The second-order valence-corrected chi connectivity index (χ2v) is 5.60. The molecule has 1 heterocycles. The topological polar surface area (TPSA) is 45.5 Å². The number of ether oxygens (including phenoxy) is 2. The largest absolute Gasteiger partial charge is 0.493 e. The van der Waals surface area contributed by atoms with Crippen molar-refractivity contribution < 1.29 is 9.47 Å². The highest BCUT2D eigenvalue weighted by Gasteiger charge is 2.30. The Hall–Kier alpha value is -2.51. The van der Waals surface area contributed by atoms with Gasteiger partial charge in [0, 0.05) is 6.54 Å². The molecule has 0 N–H and O–H groups in total. The lowest BCUT2D eigenvalue weighted by molar-refractivity contribution is 0.238. The van der Waals surface area contributed by atoms with Crippen LogP contribution in [0.2, 0.25) is 0 Å². The van der Waals surface area contributed by atoms with E-state index in [1.807, 2.05) is 18.2 Å². The molecule has 0 spiro atoms. The average Bonchev–Trinajstić information content (AvgIpc) is 2.61. The first-order valence-electron chi connectivity index (χ1n) is 7.69. The fourth-order valence-corrected chi connectivity index (χ4v) is 3.28. The summed E-state index contributed by atoms with van der Waals surface area (Å²) in [5.74, 6) is 1.48. The summed E-state index contributed by atoms with van der Waals surface area (Å²) in [5, 5.41) is 9.18. The van der Waals surface area contributed by atoms with Gasteiger partial charge < -0.3 is 9.47 Å². The predicted octanol–water partition coefficient (Wildman–Crippen LogP) is 3.17. The van der Waals surface area contributed by atoms with Crippen LogP contribution >= 0.6 is 0 Å². The first-order chi connectivity index (χ1) is 11.3. The van der Waals surface area contributed by atoms with E-state index in [1.165, 1.54) is 16.7 Å².